The Morgan fingerprint density at radius 2 is 1.84 bits per heavy atom. The lowest BCUT2D eigenvalue weighted by Gasteiger charge is -2.29. The highest BCUT2D eigenvalue weighted by Crippen LogP contribution is 2.30. The van der Waals surface area contributed by atoms with Crippen molar-refractivity contribution in [3.05, 3.63) is 20.8 Å². The average Bonchev–Trinajstić information content (AvgIpc) is 2.43. The molecule has 1 aromatic heterocycles. The molecule has 0 saturated carbocycles. The van der Waals surface area contributed by atoms with Crippen LogP contribution in [0.4, 0.5) is 5.82 Å². The van der Waals surface area contributed by atoms with E-state index in [1.165, 1.54) is 18.8 Å². The van der Waals surface area contributed by atoms with E-state index < -0.39 is 5.69 Å². The highest BCUT2D eigenvalue weighted by Gasteiger charge is 2.25. The summed E-state index contributed by atoms with van der Waals surface area (Å²) in [6, 6.07) is 0. The minimum Gasteiger partial charge on any atom is -0.363 e. The predicted molar refractivity (Wildman–Crippen MR) is 80.0 cm³/mol. The van der Waals surface area contributed by atoms with Crippen LogP contribution >= 0.6 is 11.8 Å². The number of hydrogen-bond acceptors (Lipinski definition) is 5. The van der Waals surface area contributed by atoms with Gasteiger partial charge in [0.1, 0.15) is 0 Å². The smallest absolute Gasteiger partial charge is 0.346 e. The molecule has 0 bridgehead atoms. The molecule has 0 aliphatic heterocycles. The third kappa shape index (κ3) is 3.20. The number of hydrogen-bond donors (Lipinski definition) is 1. The molecule has 108 valence electrons. The molecule has 7 heteroatoms. The van der Waals surface area contributed by atoms with Crippen molar-refractivity contribution in [1.29, 1.82) is 0 Å². The van der Waals surface area contributed by atoms with Gasteiger partial charge in [-0.3, -0.25) is 9.36 Å². The van der Waals surface area contributed by atoms with Crippen LogP contribution in [-0.4, -0.2) is 31.9 Å². The summed E-state index contributed by atoms with van der Waals surface area (Å²) in [4.78, 5) is 23.5. The largest absolute Gasteiger partial charge is 0.363 e. The van der Waals surface area contributed by atoms with Crippen LogP contribution in [-0.2, 0) is 14.1 Å². The first-order valence-electron chi connectivity index (χ1n) is 6.34. The van der Waals surface area contributed by atoms with Gasteiger partial charge in [-0.2, -0.15) is 11.8 Å². The molecule has 0 spiro atoms. The molecule has 6 nitrogen and oxygen atoms in total. The van der Waals surface area contributed by atoms with E-state index in [1.807, 2.05) is 0 Å². The zero-order chi connectivity index (χ0) is 14.6. The van der Waals surface area contributed by atoms with Gasteiger partial charge in [0, 0.05) is 25.4 Å². The standard InChI is InChI=1S/C12H22N4O2S/c1-6-12(7-2,19-5)8-13-9-10(17)15(3)11(18)16(4)14-9/h6-8H2,1-5H3,(H,13,14). The topological polar surface area (TPSA) is 68.9 Å². The second-order valence-corrected chi connectivity index (χ2v) is 5.84. The Labute approximate surface area is 117 Å². The molecule has 0 fully saturated rings. The summed E-state index contributed by atoms with van der Waals surface area (Å²) < 4.78 is 2.32. The van der Waals surface area contributed by atoms with Crippen LogP contribution in [0.3, 0.4) is 0 Å². The molecule has 1 aromatic rings. The van der Waals surface area contributed by atoms with Crippen molar-refractivity contribution in [1.82, 2.24) is 14.3 Å². The summed E-state index contributed by atoms with van der Waals surface area (Å²) >= 11 is 1.79. The Morgan fingerprint density at radius 3 is 2.32 bits per heavy atom. The van der Waals surface area contributed by atoms with Gasteiger partial charge in [0.2, 0.25) is 5.82 Å². The minimum atomic E-state index is -0.419. The second kappa shape index (κ2) is 6.27. The SMILES string of the molecule is CCC(CC)(CNc1nn(C)c(=O)n(C)c1=O)SC. The number of rotatable bonds is 6. The van der Waals surface area contributed by atoms with E-state index in [1.54, 1.807) is 11.8 Å². The van der Waals surface area contributed by atoms with Gasteiger partial charge in [0.05, 0.1) is 0 Å². The molecule has 0 saturated heterocycles. The first-order chi connectivity index (χ1) is 8.90. The van der Waals surface area contributed by atoms with Crippen molar-refractivity contribution in [3.63, 3.8) is 0 Å². The van der Waals surface area contributed by atoms with E-state index in [9.17, 15) is 9.59 Å². The normalized spacial score (nSPS) is 11.6. The van der Waals surface area contributed by atoms with Crippen molar-refractivity contribution in [2.75, 3.05) is 18.1 Å². The van der Waals surface area contributed by atoms with E-state index in [0.717, 1.165) is 17.4 Å². The van der Waals surface area contributed by atoms with Crippen LogP contribution in [0, 0.1) is 0 Å². The first kappa shape index (κ1) is 15.8. The fourth-order valence-electron chi connectivity index (χ4n) is 1.91. The van der Waals surface area contributed by atoms with Crippen LogP contribution in [0.5, 0.6) is 0 Å². The van der Waals surface area contributed by atoms with Gasteiger partial charge in [0.25, 0.3) is 5.56 Å². The highest BCUT2D eigenvalue weighted by atomic mass is 32.2. The Balaban J connectivity index is 3.02. The molecule has 1 rings (SSSR count). The van der Waals surface area contributed by atoms with Gasteiger partial charge in [-0.1, -0.05) is 13.8 Å². The summed E-state index contributed by atoms with van der Waals surface area (Å²) in [5.41, 5.74) is -0.803. The zero-order valence-electron chi connectivity index (χ0n) is 12.2. The summed E-state index contributed by atoms with van der Waals surface area (Å²) in [6.45, 7) is 4.92. The van der Waals surface area contributed by atoms with Gasteiger partial charge < -0.3 is 5.32 Å². The number of nitrogens with zero attached hydrogens (tertiary/aromatic N) is 3. The first-order valence-corrected chi connectivity index (χ1v) is 7.56. The molecule has 0 unspecified atom stereocenters. The van der Waals surface area contributed by atoms with Crippen LogP contribution in [0.2, 0.25) is 0 Å². The van der Waals surface area contributed by atoms with E-state index in [2.05, 4.69) is 30.5 Å². The van der Waals surface area contributed by atoms with Gasteiger partial charge in [-0.15, -0.1) is 5.10 Å². The lowest BCUT2D eigenvalue weighted by Crippen LogP contribution is -2.41. The molecule has 19 heavy (non-hydrogen) atoms. The maximum Gasteiger partial charge on any atom is 0.346 e. The number of thioether (sulfide) groups is 1. The number of nitrogens with one attached hydrogen (secondary N) is 1. The fraction of sp³-hybridized carbons (Fsp3) is 0.750. The molecule has 1 N–H and O–H groups in total. The third-order valence-electron chi connectivity index (χ3n) is 3.62. The van der Waals surface area contributed by atoms with Crippen molar-refractivity contribution < 1.29 is 0 Å². The molecule has 0 aromatic carbocycles. The van der Waals surface area contributed by atoms with E-state index in [0.29, 0.717) is 6.54 Å². The van der Waals surface area contributed by atoms with E-state index >= 15 is 0 Å². The Morgan fingerprint density at radius 1 is 1.26 bits per heavy atom. The number of anilines is 1. The molecular formula is C12H22N4O2S. The molecular weight excluding hydrogens is 264 g/mol. The number of aromatic nitrogens is 3. The highest BCUT2D eigenvalue weighted by molar-refractivity contribution is 8.00. The second-order valence-electron chi connectivity index (χ2n) is 4.57. The number of aryl methyl sites for hydroxylation is 1. The zero-order valence-corrected chi connectivity index (χ0v) is 13.0. The summed E-state index contributed by atoms with van der Waals surface area (Å²) in [5, 5.41) is 7.08. The summed E-state index contributed by atoms with van der Waals surface area (Å²) in [5.74, 6) is 0.227. The maximum absolute atomic E-state index is 11.9. The lowest BCUT2D eigenvalue weighted by atomic mass is 10.0. The van der Waals surface area contributed by atoms with Gasteiger partial charge in [-0.05, 0) is 19.1 Å². The van der Waals surface area contributed by atoms with Crippen LogP contribution < -0.4 is 16.6 Å². The third-order valence-corrected chi connectivity index (χ3v) is 5.21. The molecule has 0 aliphatic carbocycles. The lowest BCUT2D eigenvalue weighted by molar-refractivity contribution is 0.563. The molecule has 1 heterocycles. The monoisotopic (exact) mass is 286 g/mol. The van der Waals surface area contributed by atoms with Crippen LogP contribution in [0.25, 0.3) is 0 Å². The Kier molecular flexibility index (Phi) is 5.22. The van der Waals surface area contributed by atoms with Crippen molar-refractivity contribution in [2.45, 2.75) is 31.4 Å². The van der Waals surface area contributed by atoms with Gasteiger partial charge >= 0.3 is 5.69 Å². The van der Waals surface area contributed by atoms with Crippen LogP contribution in [0.15, 0.2) is 9.59 Å². The maximum atomic E-state index is 11.9. The summed E-state index contributed by atoms with van der Waals surface area (Å²) in [6.07, 6.45) is 4.08. The minimum absolute atomic E-state index is 0.0847. The predicted octanol–water partition coefficient (Wildman–Crippen LogP) is 0.813. The van der Waals surface area contributed by atoms with E-state index in [-0.39, 0.29) is 16.1 Å². The molecule has 0 atom stereocenters. The summed E-state index contributed by atoms with van der Waals surface area (Å²) in [7, 11) is 2.99. The Hall–Kier alpha value is -1.24. The molecule has 0 radical (unpaired) electrons. The van der Waals surface area contributed by atoms with E-state index in [4.69, 9.17) is 0 Å². The Bertz CT molecular complexity index is 537. The van der Waals surface area contributed by atoms with Crippen molar-refractivity contribution in [2.24, 2.45) is 14.1 Å². The molecule has 0 aliphatic rings. The molecule has 0 amide bonds. The van der Waals surface area contributed by atoms with Crippen LogP contribution in [0.1, 0.15) is 26.7 Å². The van der Waals surface area contributed by atoms with Gasteiger partial charge in [-0.25, -0.2) is 9.48 Å². The fourth-order valence-corrected chi connectivity index (χ4v) is 2.71. The van der Waals surface area contributed by atoms with Gasteiger partial charge in [0.15, 0.2) is 0 Å². The average molecular weight is 286 g/mol. The van der Waals surface area contributed by atoms with Crippen molar-refractivity contribution in [3.8, 4) is 0 Å². The quantitative estimate of drug-likeness (QED) is 0.838. The van der Waals surface area contributed by atoms with Crippen molar-refractivity contribution >= 4 is 17.6 Å².